The van der Waals surface area contributed by atoms with Crippen LogP contribution in [0.15, 0.2) is 29.4 Å². The molecule has 0 saturated carbocycles. The number of carbonyl (C=O) groups is 1. The Balaban J connectivity index is 1.56. The third-order valence-electron chi connectivity index (χ3n) is 8.66. The van der Waals surface area contributed by atoms with Crippen LogP contribution in [0.4, 0.5) is 19.4 Å². The lowest BCUT2D eigenvalue weighted by Crippen LogP contribution is -2.60. The second-order valence-electron chi connectivity index (χ2n) is 12.9. The summed E-state index contributed by atoms with van der Waals surface area (Å²) in [6, 6.07) is 5.93. The van der Waals surface area contributed by atoms with Gasteiger partial charge in [-0.2, -0.15) is 0 Å². The van der Waals surface area contributed by atoms with E-state index in [2.05, 4.69) is 10.8 Å². The van der Waals surface area contributed by atoms with Gasteiger partial charge in [0, 0.05) is 37.2 Å². The second-order valence-corrected chi connectivity index (χ2v) is 14.2. The highest BCUT2D eigenvalue weighted by Gasteiger charge is 2.41. The van der Waals surface area contributed by atoms with Gasteiger partial charge in [0.2, 0.25) is 0 Å². The number of fused-ring (bicyclic) bond motifs is 3. The fourth-order valence-electron chi connectivity index (χ4n) is 6.57. The van der Waals surface area contributed by atoms with E-state index in [0.29, 0.717) is 76.7 Å². The van der Waals surface area contributed by atoms with Crippen LogP contribution in [-0.2, 0) is 15.9 Å². The lowest BCUT2D eigenvalue weighted by Gasteiger charge is -2.46. The summed E-state index contributed by atoms with van der Waals surface area (Å²) < 4.78 is 48.9. The quantitative estimate of drug-likeness (QED) is 0.0864. The lowest BCUT2D eigenvalue weighted by molar-refractivity contribution is 0.00971. The SMILES string of the molecule is C#Cc1c(F)ccc2cc(OCOC)cc(-c3nc4c5c(nc(SCC)nc5c3F)N3C[C@@H](CC)N(C(=O)OC(C)(C)C)C[C@H]3CC4)c12. The minimum atomic E-state index is -0.661. The largest absolute Gasteiger partial charge is 0.468 e. The molecular weight excluding hydrogens is 636 g/mol. The number of aryl methyl sites for hydroxylation is 1. The fraction of sp³-hybridized carbons (Fsp3) is 0.444. The van der Waals surface area contributed by atoms with Gasteiger partial charge in [-0.15, -0.1) is 6.42 Å². The van der Waals surface area contributed by atoms with Crippen molar-refractivity contribution in [1.82, 2.24) is 19.9 Å². The first-order valence-electron chi connectivity index (χ1n) is 16.1. The minimum Gasteiger partial charge on any atom is -0.468 e. The molecule has 0 radical (unpaired) electrons. The molecule has 0 spiro atoms. The topological polar surface area (TPSA) is 89.9 Å². The Morgan fingerprint density at radius 2 is 1.92 bits per heavy atom. The molecule has 6 rings (SSSR count). The number of carbonyl (C=O) groups excluding carboxylic acids is 1. The summed E-state index contributed by atoms with van der Waals surface area (Å²) in [7, 11) is 1.50. The van der Waals surface area contributed by atoms with Gasteiger partial charge >= 0.3 is 6.09 Å². The number of nitrogens with zero attached hydrogens (tertiary/aromatic N) is 5. The molecule has 0 bridgehead atoms. The number of hydrogen-bond donors (Lipinski definition) is 0. The number of piperazine rings is 1. The first-order chi connectivity index (χ1) is 23.0. The zero-order valence-corrected chi connectivity index (χ0v) is 28.8. The van der Waals surface area contributed by atoms with Crippen molar-refractivity contribution in [3.05, 3.63) is 47.2 Å². The van der Waals surface area contributed by atoms with E-state index in [4.69, 9.17) is 35.6 Å². The molecule has 2 aliphatic rings. The number of halogens is 2. The van der Waals surface area contributed by atoms with Crippen molar-refractivity contribution >= 4 is 45.3 Å². The molecule has 0 aliphatic carbocycles. The molecule has 0 N–H and O–H groups in total. The van der Waals surface area contributed by atoms with Gasteiger partial charge in [0.15, 0.2) is 17.8 Å². The molecule has 1 fully saturated rings. The van der Waals surface area contributed by atoms with E-state index in [1.165, 1.54) is 24.9 Å². The Morgan fingerprint density at radius 1 is 1.12 bits per heavy atom. The van der Waals surface area contributed by atoms with Crippen molar-refractivity contribution in [3.8, 4) is 29.4 Å². The van der Waals surface area contributed by atoms with Crippen molar-refractivity contribution < 1.29 is 27.8 Å². The Labute approximate surface area is 283 Å². The maximum atomic E-state index is 17.1. The van der Waals surface area contributed by atoms with E-state index < -0.39 is 17.2 Å². The van der Waals surface area contributed by atoms with E-state index in [0.717, 1.165) is 0 Å². The average Bonchev–Trinajstić information content (AvgIpc) is 3.20. The number of methoxy groups -OCH3 is 1. The summed E-state index contributed by atoms with van der Waals surface area (Å²) in [5, 5.41) is 1.89. The lowest BCUT2D eigenvalue weighted by atomic mass is 9.95. The molecule has 12 heteroatoms. The highest BCUT2D eigenvalue weighted by molar-refractivity contribution is 7.99. The molecule has 2 atom stereocenters. The number of amides is 1. The number of rotatable bonds is 7. The average molecular weight is 676 g/mol. The molecule has 2 aromatic carbocycles. The van der Waals surface area contributed by atoms with Crippen LogP contribution in [0.1, 0.15) is 58.7 Å². The predicted octanol–water partition coefficient (Wildman–Crippen LogP) is 7.35. The number of thioether (sulfide) groups is 1. The molecule has 2 aliphatic heterocycles. The van der Waals surface area contributed by atoms with Crippen molar-refractivity contribution in [2.24, 2.45) is 0 Å². The van der Waals surface area contributed by atoms with Gasteiger partial charge in [0.25, 0.3) is 0 Å². The molecule has 4 aromatic rings. The number of aromatic nitrogens is 3. The van der Waals surface area contributed by atoms with Crippen molar-refractivity contribution in [2.45, 2.75) is 76.7 Å². The summed E-state index contributed by atoms with van der Waals surface area (Å²) in [4.78, 5) is 32.0. The van der Waals surface area contributed by atoms with Crippen LogP contribution in [0.2, 0.25) is 0 Å². The fourth-order valence-corrected chi connectivity index (χ4v) is 7.14. The Morgan fingerprint density at radius 3 is 2.60 bits per heavy atom. The third kappa shape index (κ3) is 6.21. The van der Waals surface area contributed by atoms with E-state index in [1.54, 1.807) is 18.2 Å². The zero-order chi connectivity index (χ0) is 34.3. The van der Waals surface area contributed by atoms with Crippen LogP contribution >= 0.6 is 11.8 Å². The Hall–Kier alpha value is -4.21. The van der Waals surface area contributed by atoms with Crippen molar-refractivity contribution in [2.75, 3.05) is 37.6 Å². The first kappa shape index (κ1) is 33.7. The molecule has 48 heavy (non-hydrogen) atoms. The van der Waals surface area contributed by atoms with Crippen molar-refractivity contribution in [1.29, 1.82) is 0 Å². The van der Waals surface area contributed by atoms with Crippen LogP contribution in [0.25, 0.3) is 32.9 Å². The van der Waals surface area contributed by atoms with Gasteiger partial charge in [0.05, 0.1) is 22.7 Å². The van der Waals surface area contributed by atoms with Crippen LogP contribution in [0.3, 0.4) is 0 Å². The third-order valence-corrected chi connectivity index (χ3v) is 9.39. The van der Waals surface area contributed by atoms with Gasteiger partial charge in [-0.25, -0.2) is 28.5 Å². The summed E-state index contributed by atoms with van der Waals surface area (Å²) >= 11 is 1.42. The Bertz CT molecular complexity index is 1940. The zero-order valence-electron chi connectivity index (χ0n) is 28.0. The van der Waals surface area contributed by atoms with E-state index in [9.17, 15) is 4.79 Å². The van der Waals surface area contributed by atoms with Crippen LogP contribution in [0.5, 0.6) is 5.75 Å². The van der Waals surface area contributed by atoms with Gasteiger partial charge < -0.3 is 24.0 Å². The Kier molecular flexibility index (Phi) is 9.37. The van der Waals surface area contributed by atoms with Crippen molar-refractivity contribution in [3.63, 3.8) is 0 Å². The molecular formula is C36H39F2N5O4S. The standard InChI is InChI=1S/C36H39F2N5O4S/c1-8-21-17-42-22(18-43(21)35(44)47-36(4,5)6)12-14-27-29-32(40-34(48-10-3)41-33(29)42)30(38)31(39-27)25-16-23(46-19-45-7)15-20-11-13-26(37)24(9-2)28(20)25/h2,11,13,15-16,21-22H,8,10,12,14,17-19H2,1,3-7H3/t21-,22-/m1/s1. The van der Waals surface area contributed by atoms with Gasteiger partial charge in [-0.05, 0) is 69.4 Å². The van der Waals surface area contributed by atoms with E-state index in [1.807, 2.05) is 39.5 Å². The highest BCUT2D eigenvalue weighted by Crippen LogP contribution is 2.43. The number of benzene rings is 2. The minimum absolute atomic E-state index is 0.00327. The summed E-state index contributed by atoms with van der Waals surface area (Å²) in [6.07, 6.45) is 7.25. The summed E-state index contributed by atoms with van der Waals surface area (Å²) in [5.74, 6) is 2.86. The van der Waals surface area contributed by atoms with Gasteiger partial charge in [0.1, 0.15) is 34.2 Å². The molecule has 252 valence electrons. The number of pyridine rings is 1. The van der Waals surface area contributed by atoms with E-state index >= 15 is 8.78 Å². The molecule has 2 aromatic heterocycles. The predicted molar refractivity (Wildman–Crippen MR) is 184 cm³/mol. The summed E-state index contributed by atoms with van der Waals surface area (Å²) in [5.41, 5.74) is 0.401. The van der Waals surface area contributed by atoms with E-state index in [-0.39, 0.29) is 47.3 Å². The number of anilines is 1. The second kappa shape index (κ2) is 13.4. The maximum Gasteiger partial charge on any atom is 0.410 e. The van der Waals surface area contributed by atoms with Gasteiger partial charge in [-0.3, -0.25) is 0 Å². The van der Waals surface area contributed by atoms with Crippen LogP contribution in [-0.4, -0.2) is 76.4 Å². The van der Waals surface area contributed by atoms with Crippen LogP contribution < -0.4 is 9.64 Å². The summed E-state index contributed by atoms with van der Waals surface area (Å²) in [6.45, 7) is 10.5. The number of ether oxygens (including phenoxy) is 3. The normalized spacial score (nSPS) is 17.6. The highest BCUT2D eigenvalue weighted by atomic mass is 32.2. The van der Waals surface area contributed by atoms with Gasteiger partial charge in [-0.1, -0.05) is 37.6 Å². The molecule has 0 unspecified atom stereocenters. The first-order valence-corrected chi connectivity index (χ1v) is 17.1. The molecule has 1 saturated heterocycles. The van der Waals surface area contributed by atoms with Crippen LogP contribution in [0, 0.1) is 24.0 Å². The number of terminal acetylenes is 1. The molecule has 1 amide bonds. The maximum absolute atomic E-state index is 17.1. The smallest absolute Gasteiger partial charge is 0.410 e. The monoisotopic (exact) mass is 675 g/mol. The molecule has 4 heterocycles. The number of hydrogen-bond acceptors (Lipinski definition) is 9. The molecule has 9 nitrogen and oxygen atoms in total.